The average molecular weight is 304 g/mol. The zero-order valence-corrected chi connectivity index (χ0v) is 12.3. The molecule has 0 aliphatic heterocycles. The number of benzene rings is 2. The maximum Gasteiger partial charge on any atom is 0.239 e. The Bertz CT molecular complexity index is 642. The Morgan fingerprint density at radius 1 is 1.05 bits per heavy atom. The van der Waals surface area contributed by atoms with Gasteiger partial charge in [-0.15, -0.1) is 0 Å². The molecule has 0 spiro atoms. The lowest BCUT2D eigenvalue weighted by Crippen LogP contribution is -2.31. The van der Waals surface area contributed by atoms with Gasteiger partial charge in [0, 0.05) is 12.2 Å². The largest absolute Gasteiger partial charge is 0.376 e. The molecule has 116 valence electrons. The molecule has 2 aromatic carbocycles. The van der Waals surface area contributed by atoms with Crippen molar-refractivity contribution >= 4 is 11.6 Å². The molecule has 0 aliphatic rings. The Morgan fingerprint density at radius 3 is 2.45 bits per heavy atom. The molecule has 2 aromatic rings. The molecule has 5 heteroatoms. The number of aryl methyl sites for hydroxylation is 1. The summed E-state index contributed by atoms with van der Waals surface area (Å²) in [6.45, 7) is 2.39. The second-order valence-corrected chi connectivity index (χ2v) is 5.04. The van der Waals surface area contributed by atoms with Crippen LogP contribution in [0, 0.1) is 18.6 Å². The topological polar surface area (TPSA) is 41.1 Å². The van der Waals surface area contributed by atoms with Crippen LogP contribution >= 0.6 is 0 Å². The van der Waals surface area contributed by atoms with Crippen LogP contribution in [-0.2, 0) is 11.2 Å². The summed E-state index contributed by atoms with van der Waals surface area (Å²) < 4.78 is 25.9. The summed E-state index contributed by atoms with van der Waals surface area (Å²) in [6.07, 6.45) is 0.630. The van der Waals surface area contributed by atoms with Crippen LogP contribution in [0.15, 0.2) is 42.5 Å². The number of hydrogen-bond donors (Lipinski definition) is 2. The van der Waals surface area contributed by atoms with Crippen molar-refractivity contribution in [2.75, 3.05) is 18.4 Å². The maximum atomic E-state index is 13.1. The molecule has 0 bridgehead atoms. The fraction of sp³-hybridized carbons (Fsp3) is 0.235. The van der Waals surface area contributed by atoms with Crippen molar-refractivity contribution in [2.45, 2.75) is 13.3 Å². The van der Waals surface area contributed by atoms with Crippen LogP contribution in [0.4, 0.5) is 14.5 Å². The van der Waals surface area contributed by atoms with Gasteiger partial charge in [-0.25, -0.2) is 8.78 Å². The molecular weight excluding hydrogens is 286 g/mol. The zero-order valence-electron chi connectivity index (χ0n) is 12.3. The van der Waals surface area contributed by atoms with E-state index in [9.17, 15) is 13.6 Å². The first-order valence-electron chi connectivity index (χ1n) is 7.06. The van der Waals surface area contributed by atoms with E-state index >= 15 is 0 Å². The molecule has 0 atom stereocenters. The Hall–Kier alpha value is -2.43. The van der Waals surface area contributed by atoms with Crippen LogP contribution in [0.2, 0.25) is 0 Å². The van der Waals surface area contributed by atoms with Gasteiger partial charge in [0.1, 0.15) is 11.6 Å². The molecule has 2 N–H and O–H groups in total. The van der Waals surface area contributed by atoms with Crippen LogP contribution in [-0.4, -0.2) is 19.0 Å². The number of hydrogen-bond acceptors (Lipinski definition) is 2. The number of carbonyl (C=O) groups is 1. The van der Waals surface area contributed by atoms with E-state index in [0.717, 1.165) is 11.1 Å². The third-order valence-electron chi connectivity index (χ3n) is 3.29. The molecule has 0 heterocycles. The molecule has 0 radical (unpaired) electrons. The summed E-state index contributed by atoms with van der Waals surface area (Å²) in [5.41, 5.74) is 2.44. The SMILES string of the molecule is Cc1ccc(F)cc1NCC(=O)NCCc1ccc(F)cc1. The second-order valence-electron chi connectivity index (χ2n) is 5.04. The summed E-state index contributed by atoms with van der Waals surface area (Å²) in [5, 5.41) is 5.67. The molecular formula is C17H18F2N2O. The van der Waals surface area contributed by atoms with E-state index in [1.807, 2.05) is 6.92 Å². The number of amides is 1. The molecule has 0 aromatic heterocycles. The van der Waals surface area contributed by atoms with Crippen molar-refractivity contribution in [3.63, 3.8) is 0 Å². The Balaban J connectivity index is 1.74. The van der Waals surface area contributed by atoms with Gasteiger partial charge in [-0.3, -0.25) is 4.79 Å². The zero-order chi connectivity index (χ0) is 15.9. The first kappa shape index (κ1) is 15.9. The predicted molar refractivity (Wildman–Crippen MR) is 82.7 cm³/mol. The number of nitrogens with one attached hydrogen (secondary N) is 2. The lowest BCUT2D eigenvalue weighted by atomic mass is 10.1. The molecule has 3 nitrogen and oxygen atoms in total. The van der Waals surface area contributed by atoms with Crippen molar-refractivity contribution in [2.24, 2.45) is 0 Å². The van der Waals surface area contributed by atoms with Crippen LogP contribution < -0.4 is 10.6 Å². The van der Waals surface area contributed by atoms with Gasteiger partial charge >= 0.3 is 0 Å². The summed E-state index contributed by atoms with van der Waals surface area (Å²) in [5.74, 6) is -0.793. The fourth-order valence-electron chi connectivity index (χ4n) is 2.02. The van der Waals surface area contributed by atoms with Gasteiger partial charge in [0.05, 0.1) is 6.54 Å². The Kier molecular flexibility index (Phi) is 5.47. The van der Waals surface area contributed by atoms with Crippen molar-refractivity contribution in [3.05, 3.63) is 65.2 Å². The van der Waals surface area contributed by atoms with E-state index in [2.05, 4.69) is 10.6 Å². The van der Waals surface area contributed by atoms with Crippen molar-refractivity contribution < 1.29 is 13.6 Å². The monoisotopic (exact) mass is 304 g/mol. The molecule has 2 rings (SSSR count). The molecule has 0 aliphatic carbocycles. The van der Waals surface area contributed by atoms with Gasteiger partial charge < -0.3 is 10.6 Å². The van der Waals surface area contributed by atoms with Crippen LogP contribution in [0.3, 0.4) is 0 Å². The van der Waals surface area contributed by atoms with Crippen molar-refractivity contribution in [3.8, 4) is 0 Å². The minimum Gasteiger partial charge on any atom is -0.376 e. The quantitative estimate of drug-likeness (QED) is 0.861. The summed E-state index contributed by atoms with van der Waals surface area (Å²) in [6, 6.07) is 10.6. The molecule has 22 heavy (non-hydrogen) atoms. The van der Waals surface area contributed by atoms with Gasteiger partial charge in [-0.05, 0) is 48.7 Å². The second kappa shape index (κ2) is 7.54. The van der Waals surface area contributed by atoms with Crippen molar-refractivity contribution in [1.82, 2.24) is 5.32 Å². The predicted octanol–water partition coefficient (Wildman–Crippen LogP) is 3.04. The van der Waals surface area contributed by atoms with E-state index in [1.54, 1.807) is 18.2 Å². The normalized spacial score (nSPS) is 10.3. The van der Waals surface area contributed by atoms with E-state index < -0.39 is 0 Å². The third-order valence-corrected chi connectivity index (χ3v) is 3.29. The Morgan fingerprint density at radius 2 is 1.73 bits per heavy atom. The Labute approximate surface area is 128 Å². The third kappa shape index (κ3) is 4.84. The first-order chi connectivity index (χ1) is 10.5. The highest BCUT2D eigenvalue weighted by atomic mass is 19.1. The van der Waals surface area contributed by atoms with Crippen LogP contribution in [0.25, 0.3) is 0 Å². The van der Waals surface area contributed by atoms with E-state index in [4.69, 9.17) is 0 Å². The van der Waals surface area contributed by atoms with Gasteiger partial charge in [0.15, 0.2) is 0 Å². The molecule has 0 saturated heterocycles. The smallest absolute Gasteiger partial charge is 0.239 e. The van der Waals surface area contributed by atoms with Crippen LogP contribution in [0.1, 0.15) is 11.1 Å². The summed E-state index contributed by atoms with van der Waals surface area (Å²) >= 11 is 0. The molecule has 1 amide bonds. The minimum atomic E-state index is -0.343. The number of halogens is 2. The standard InChI is InChI=1S/C17H18F2N2O/c1-12-2-5-15(19)10-16(12)21-11-17(22)20-9-8-13-3-6-14(18)7-4-13/h2-7,10,21H,8-9,11H2,1H3,(H,20,22). The number of carbonyl (C=O) groups excluding carboxylic acids is 1. The highest BCUT2D eigenvalue weighted by Crippen LogP contribution is 2.15. The molecule has 0 unspecified atom stereocenters. The number of rotatable bonds is 6. The van der Waals surface area contributed by atoms with Crippen LogP contribution in [0.5, 0.6) is 0 Å². The average Bonchev–Trinajstić information content (AvgIpc) is 2.50. The van der Waals surface area contributed by atoms with Gasteiger partial charge in [-0.1, -0.05) is 18.2 Å². The van der Waals surface area contributed by atoms with Gasteiger partial charge in [0.25, 0.3) is 0 Å². The van der Waals surface area contributed by atoms with E-state index in [-0.39, 0.29) is 24.1 Å². The van der Waals surface area contributed by atoms with Gasteiger partial charge in [-0.2, -0.15) is 0 Å². The lowest BCUT2D eigenvalue weighted by molar-refractivity contribution is -0.119. The minimum absolute atomic E-state index is 0.0771. The summed E-state index contributed by atoms with van der Waals surface area (Å²) in [7, 11) is 0. The lowest BCUT2D eigenvalue weighted by Gasteiger charge is -2.10. The van der Waals surface area contributed by atoms with E-state index in [0.29, 0.717) is 18.7 Å². The maximum absolute atomic E-state index is 13.1. The van der Waals surface area contributed by atoms with Crippen molar-refractivity contribution in [1.29, 1.82) is 0 Å². The fourth-order valence-corrected chi connectivity index (χ4v) is 2.02. The van der Waals surface area contributed by atoms with Gasteiger partial charge in [0.2, 0.25) is 5.91 Å². The molecule has 0 fully saturated rings. The molecule has 0 saturated carbocycles. The number of anilines is 1. The summed E-state index contributed by atoms with van der Waals surface area (Å²) in [4.78, 5) is 11.7. The van der Waals surface area contributed by atoms with E-state index in [1.165, 1.54) is 24.3 Å². The first-order valence-corrected chi connectivity index (χ1v) is 7.06. The highest BCUT2D eigenvalue weighted by Gasteiger charge is 2.04. The highest BCUT2D eigenvalue weighted by molar-refractivity contribution is 5.80.